The third-order valence-corrected chi connectivity index (χ3v) is 1.77. The average Bonchev–Trinajstić information content (AvgIpc) is 2.29. The molecule has 1 aromatic heterocycles. The first-order valence-electron chi connectivity index (χ1n) is 4.31. The Balaban J connectivity index is 2.91. The SMILES string of the molecule is CC(C)Cc1nn(C)cc1C(F)F. The fourth-order valence-corrected chi connectivity index (χ4v) is 1.28. The quantitative estimate of drug-likeness (QED) is 0.712. The minimum absolute atomic E-state index is 0.0659. The molecule has 0 aliphatic carbocycles. The van der Waals surface area contributed by atoms with Crippen LogP contribution in [0.15, 0.2) is 6.20 Å². The molecule has 74 valence electrons. The van der Waals surface area contributed by atoms with Gasteiger partial charge in [-0.3, -0.25) is 4.68 Å². The molecule has 1 rings (SSSR count). The van der Waals surface area contributed by atoms with Gasteiger partial charge in [-0.1, -0.05) is 13.8 Å². The van der Waals surface area contributed by atoms with Gasteiger partial charge in [-0.2, -0.15) is 5.10 Å². The van der Waals surface area contributed by atoms with Crippen LogP contribution >= 0.6 is 0 Å². The monoisotopic (exact) mass is 188 g/mol. The first-order chi connectivity index (χ1) is 6.00. The number of rotatable bonds is 3. The number of halogens is 2. The topological polar surface area (TPSA) is 17.8 Å². The van der Waals surface area contributed by atoms with Crippen molar-refractivity contribution in [1.29, 1.82) is 0 Å². The normalized spacial score (nSPS) is 11.6. The molecular weight excluding hydrogens is 174 g/mol. The Bertz CT molecular complexity index is 279. The smallest absolute Gasteiger partial charge is 0.267 e. The first-order valence-corrected chi connectivity index (χ1v) is 4.31. The summed E-state index contributed by atoms with van der Waals surface area (Å²) in [5.74, 6) is 0.354. The van der Waals surface area contributed by atoms with Crippen LogP contribution in [0.4, 0.5) is 8.78 Å². The van der Waals surface area contributed by atoms with Crippen LogP contribution in [0.25, 0.3) is 0 Å². The highest BCUT2D eigenvalue weighted by atomic mass is 19.3. The van der Waals surface area contributed by atoms with Crippen molar-refractivity contribution in [3.05, 3.63) is 17.5 Å². The van der Waals surface area contributed by atoms with Crippen LogP contribution in [-0.2, 0) is 13.5 Å². The van der Waals surface area contributed by atoms with Gasteiger partial charge in [-0.15, -0.1) is 0 Å². The van der Waals surface area contributed by atoms with E-state index in [9.17, 15) is 8.78 Å². The van der Waals surface area contributed by atoms with Crippen molar-refractivity contribution >= 4 is 0 Å². The Morgan fingerprint density at radius 2 is 2.08 bits per heavy atom. The molecule has 0 fully saturated rings. The third-order valence-electron chi connectivity index (χ3n) is 1.77. The van der Waals surface area contributed by atoms with E-state index >= 15 is 0 Å². The van der Waals surface area contributed by atoms with Crippen molar-refractivity contribution in [2.45, 2.75) is 26.7 Å². The van der Waals surface area contributed by atoms with Gasteiger partial charge in [-0.25, -0.2) is 8.78 Å². The van der Waals surface area contributed by atoms with E-state index in [1.165, 1.54) is 10.9 Å². The highest BCUT2D eigenvalue weighted by molar-refractivity contribution is 5.18. The highest BCUT2D eigenvalue weighted by Gasteiger charge is 2.17. The summed E-state index contributed by atoms with van der Waals surface area (Å²) in [5, 5.41) is 4.01. The molecular formula is C9H14F2N2. The Kier molecular flexibility index (Phi) is 3.01. The molecule has 0 aliphatic heterocycles. The molecule has 0 unspecified atom stereocenters. The van der Waals surface area contributed by atoms with Crippen molar-refractivity contribution in [3.8, 4) is 0 Å². The van der Waals surface area contributed by atoms with E-state index < -0.39 is 6.43 Å². The summed E-state index contributed by atoms with van der Waals surface area (Å²) in [6.07, 6.45) is -0.412. The van der Waals surface area contributed by atoms with Crippen molar-refractivity contribution in [2.24, 2.45) is 13.0 Å². The van der Waals surface area contributed by atoms with Crippen molar-refractivity contribution in [1.82, 2.24) is 9.78 Å². The fourth-order valence-electron chi connectivity index (χ4n) is 1.28. The lowest BCUT2D eigenvalue weighted by atomic mass is 10.1. The highest BCUT2D eigenvalue weighted by Crippen LogP contribution is 2.23. The zero-order valence-corrected chi connectivity index (χ0v) is 8.09. The van der Waals surface area contributed by atoms with Gasteiger partial charge in [0, 0.05) is 13.2 Å². The molecule has 0 bridgehead atoms. The van der Waals surface area contributed by atoms with Gasteiger partial charge < -0.3 is 0 Å². The number of nitrogens with zero attached hydrogens (tertiary/aromatic N) is 2. The maximum atomic E-state index is 12.4. The summed E-state index contributed by atoms with van der Waals surface area (Å²) in [4.78, 5) is 0. The van der Waals surface area contributed by atoms with Gasteiger partial charge in [0.05, 0.1) is 11.3 Å². The second-order valence-electron chi connectivity index (χ2n) is 3.60. The number of alkyl halides is 2. The molecule has 4 heteroatoms. The summed E-state index contributed by atoms with van der Waals surface area (Å²) in [6, 6.07) is 0. The van der Waals surface area contributed by atoms with E-state index in [-0.39, 0.29) is 5.56 Å². The third kappa shape index (κ3) is 2.50. The largest absolute Gasteiger partial charge is 0.275 e. The van der Waals surface area contributed by atoms with Crippen LogP contribution in [0, 0.1) is 5.92 Å². The molecule has 13 heavy (non-hydrogen) atoms. The summed E-state index contributed by atoms with van der Waals surface area (Å²) in [6.45, 7) is 3.98. The van der Waals surface area contributed by atoms with E-state index in [0.29, 0.717) is 18.0 Å². The molecule has 2 nitrogen and oxygen atoms in total. The molecule has 1 heterocycles. The van der Waals surface area contributed by atoms with Crippen LogP contribution in [0.5, 0.6) is 0 Å². The molecule has 0 aromatic carbocycles. The molecule has 0 saturated carbocycles. The first kappa shape index (κ1) is 10.2. The number of hydrogen-bond acceptors (Lipinski definition) is 1. The Labute approximate surface area is 76.6 Å². The van der Waals surface area contributed by atoms with Gasteiger partial charge in [-0.05, 0) is 12.3 Å². The van der Waals surface area contributed by atoms with Crippen molar-refractivity contribution in [2.75, 3.05) is 0 Å². The van der Waals surface area contributed by atoms with Gasteiger partial charge in [0.2, 0.25) is 0 Å². The molecule has 0 radical (unpaired) electrons. The number of aromatic nitrogens is 2. The Hall–Kier alpha value is -0.930. The molecule has 0 spiro atoms. The van der Waals surface area contributed by atoms with Crippen LogP contribution < -0.4 is 0 Å². The number of hydrogen-bond donors (Lipinski definition) is 0. The Morgan fingerprint density at radius 1 is 1.46 bits per heavy atom. The minimum atomic E-state index is -2.41. The molecule has 0 aliphatic rings. The predicted molar refractivity (Wildman–Crippen MR) is 46.7 cm³/mol. The average molecular weight is 188 g/mol. The van der Waals surface area contributed by atoms with E-state index in [1.807, 2.05) is 13.8 Å². The second-order valence-corrected chi connectivity index (χ2v) is 3.60. The van der Waals surface area contributed by atoms with E-state index in [2.05, 4.69) is 5.10 Å². The fraction of sp³-hybridized carbons (Fsp3) is 0.667. The zero-order chi connectivity index (χ0) is 10.0. The van der Waals surface area contributed by atoms with E-state index in [1.54, 1.807) is 7.05 Å². The molecule has 0 atom stereocenters. The predicted octanol–water partition coefficient (Wildman–Crippen LogP) is 2.56. The molecule has 0 saturated heterocycles. The van der Waals surface area contributed by atoms with Crippen molar-refractivity contribution in [3.63, 3.8) is 0 Å². The van der Waals surface area contributed by atoms with Crippen LogP contribution in [-0.4, -0.2) is 9.78 Å². The summed E-state index contributed by atoms with van der Waals surface area (Å²) < 4.78 is 26.3. The van der Waals surface area contributed by atoms with Crippen molar-refractivity contribution < 1.29 is 8.78 Å². The molecule has 0 N–H and O–H groups in total. The van der Waals surface area contributed by atoms with E-state index in [4.69, 9.17) is 0 Å². The standard InChI is InChI=1S/C9H14F2N2/c1-6(2)4-8-7(9(10)11)5-13(3)12-8/h5-6,9H,4H2,1-3H3. The second kappa shape index (κ2) is 3.85. The summed E-state index contributed by atoms with van der Waals surface area (Å²) >= 11 is 0. The molecule has 1 aromatic rings. The van der Waals surface area contributed by atoms with Crippen LogP contribution in [0.2, 0.25) is 0 Å². The number of aryl methyl sites for hydroxylation is 1. The lowest BCUT2D eigenvalue weighted by Gasteiger charge is -2.03. The molecule has 0 amide bonds. The van der Waals surface area contributed by atoms with Gasteiger partial charge in [0.25, 0.3) is 6.43 Å². The lowest BCUT2D eigenvalue weighted by molar-refractivity contribution is 0.150. The maximum absolute atomic E-state index is 12.4. The summed E-state index contributed by atoms with van der Waals surface area (Å²) in [7, 11) is 1.66. The van der Waals surface area contributed by atoms with Crippen LogP contribution in [0.1, 0.15) is 31.5 Å². The van der Waals surface area contributed by atoms with Gasteiger partial charge in [0.15, 0.2) is 0 Å². The lowest BCUT2D eigenvalue weighted by Crippen LogP contribution is -1.99. The minimum Gasteiger partial charge on any atom is -0.275 e. The maximum Gasteiger partial charge on any atom is 0.267 e. The Morgan fingerprint density at radius 3 is 2.54 bits per heavy atom. The van der Waals surface area contributed by atoms with Crippen LogP contribution in [0.3, 0.4) is 0 Å². The summed E-state index contributed by atoms with van der Waals surface area (Å²) in [5.41, 5.74) is 0.587. The van der Waals surface area contributed by atoms with Gasteiger partial charge in [0.1, 0.15) is 0 Å². The van der Waals surface area contributed by atoms with Gasteiger partial charge >= 0.3 is 0 Å². The van der Waals surface area contributed by atoms with E-state index in [0.717, 1.165) is 0 Å². The zero-order valence-electron chi connectivity index (χ0n) is 8.09.